The van der Waals surface area contributed by atoms with Gasteiger partial charge in [-0.25, -0.2) is 0 Å². The van der Waals surface area contributed by atoms with Crippen molar-refractivity contribution in [2.24, 2.45) is 0 Å². The van der Waals surface area contributed by atoms with E-state index >= 15 is 0 Å². The maximum absolute atomic E-state index is 9.29. The van der Waals surface area contributed by atoms with Crippen molar-refractivity contribution in [2.75, 3.05) is 12.4 Å². The summed E-state index contributed by atoms with van der Waals surface area (Å²) < 4.78 is 7.69. The Morgan fingerprint density at radius 1 is 1.33 bits per heavy atom. The fourth-order valence-corrected chi connectivity index (χ4v) is 3.09. The molecule has 1 aliphatic carbocycles. The van der Waals surface area contributed by atoms with Crippen LogP contribution >= 0.6 is 23.4 Å². The first-order valence-electron chi connectivity index (χ1n) is 6.84. The zero-order valence-electron chi connectivity index (χ0n) is 11.4. The number of thioether (sulfide) groups is 1. The lowest BCUT2D eigenvalue weighted by Gasteiger charge is -2.09. The molecule has 1 N–H and O–H groups in total. The van der Waals surface area contributed by atoms with Crippen molar-refractivity contribution >= 4 is 23.4 Å². The molecule has 0 spiro atoms. The largest absolute Gasteiger partial charge is 0.491 e. The third-order valence-electron chi connectivity index (χ3n) is 3.20. The fraction of sp³-hybridized carbons (Fsp3) is 0.429. The van der Waals surface area contributed by atoms with Crippen molar-refractivity contribution in [3.05, 3.63) is 35.1 Å². The summed E-state index contributed by atoms with van der Waals surface area (Å²) in [6.45, 7) is 0.473. The van der Waals surface area contributed by atoms with Gasteiger partial charge < -0.3 is 14.4 Å². The Bertz CT molecular complexity index is 616. The second-order valence-corrected chi connectivity index (χ2v) is 6.25. The van der Waals surface area contributed by atoms with Crippen LogP contribution < -0.4 is 4.74 Å². The van der Waals surface area contributed by atoms with Gasteiger partial charge in [0, 0.05) is 11.8 Å². The topological polar surface area (TPSA) is 60.2 Å². The molecular weight excluding hydrogens is 310 g/mol. The molecule has 0 unspecified atom stereocenters. The lowest BCUT2D eigenvalue weighted by Crippen LogP contribution is -2.05. The minimum atomic E-state index is -0.0693. The van der Waals surface area contributed by atoms with Crippen LogP contribution in [0, 0.1) is 0 Å². The zero-order valence-corrected chi connectivity index (χ0v) is 13.0. The van der Waals surface area contributed by atoms with E-state index in [2.05, 4.69) is 10.2 Å². The van der Waals surface area contributed by atoms with Gasteiger partial charge >= 0.3 is 0 Å². The van der Waals surface area contributed by atoms with Crippen LogP contribution in [0.4, 0.5) is 0 Å². The van der Waals surface area contributed by atoms with Gasteiger partial charge in [-0.15, -0.1) is 10.2 Å². The minimum absolute atomic E-state index is 0.0693. The van der Waals surface area contributed by atoms with E-state index in [-0.39, 0.29) is 6.61 Å². The minimum Gasteiger partial charge on any atom is -0.491 e. The maximum atomic E-state index is 9.29. The Balaban J connectivity index is 1.54. The van der Waals surface area contributed by atoms with Crippen molar-refractivity contribution in [2.45, 2.75) is 30.6 Å². The average Bonchev–Trinajstić information content (AvgIpc) is 3.25. The number of aliphatic hydroxyl groups excluding tert-OH is 1. The van der Waals surface area contributed by atoms with E-state index in [1.165, 1.54) is 0 Å². The normalized spacial score (nSPS) is 14.4. The molecule has 3 rings (SSSR count). The average molecular weight is 326 g/mol. The van der Waals surface area contributed by atoms with Crippen LogP contribution in [0.1, 0.15) is 24.7 Å². The quantitative estimate of drug-likeness (QED) is 0.626. The molecule has 1 aliphatic rings. The summed E-state index contributed by atoms with van der Waals surface area (Å²) in [5.41, 5.74) is 0. The lowest BCUT2D eigenvalue weighted by atomic mass is 10.3. The lowest BCUT2D eigenvalue weighted by molar-refractivity contribution is 0.263. The molecular formula is C14H16ClN3O2S. The molecule has 112 valence electrons. The molecule has 0 bridgehead atoms. The first-order chi connectivity index (χ1) is 10.3. The molecule has 0 aliphatic heterocycles. The number of ether oxygens (including phenoxy) is 1. The summed E-state index contributed by atoms with van der Waals surface area (Å²) in [7, 11) is 0. The molecule has 21 heavy (non-hydrogen) atoms. The molecule has 0 saturated heterocycles. The predicted octanol–water partition coefficient (Wildman–Crippen LogP) is 2.93. The molecule has 1 aromatic carbocycles. The van der Waals surface area contributed by atoms with Crippen LogP contribution in [0.3, 0.4) is 0 Å². The number of aliphatic hydroxyl groups is 1. The molecule has 0 amide bonds. The number of halogens is 1. The highest BCUT2D eigenvalue weighted by Crippen LogP contribution is 2.38. The third kappa shape index (κ3) is 3.51. The van der Waals surface area contributed by atoms with Crippen molar-refractivity contribution in [3.8, 4) is 5.75 Å². The highest BCUT2D eigenvalue weighted by atomic mass is 35.5. The van der Waals surface area contributed by atoms with Gasteiger partial charge in [0.2, 0.25) is 0 Å². The molecule has 1 aromatic heterocycles. The Morgan fingerprint density at radius 3 is 2.86 bits per heavy atom. The monoisotopic (exact) mass is 325 g/mol. The molecule has 0 atom stereocenters. The first kappa shape index (κ1) is 14.7. The molecule has 7 heteroatoms. The van der Waals surface area contributed by atoms with Crippen molar-refractivity contribution in [1.29, 1.82) is 0 Å². The number of hydrogen-bond donors (Lipinski definition) is 1. The number of para-hydroxylation sites is 1. The van der Waals surface area contributed by atoms with Crippen LogP contribution in [-0.4, -0.2) is 32.2 Å². The van der Waals surface area contributed by atoms with E-state index in [0.717, 1.165) is 23.8 Å². The molecule has 1 fully saturated rings. The van der Waals surface area contributed by atoms with Crippen molar-refractivity contribution in [1.82, 2.24) is 14.8 Å². The van der Waals surface area contributed by atoms with Gasteiger partial charge in [0.15, 0.2) is 11.0 Å². The Hall–Kier alpha value is -1.24. The first-order valence-corrected chi connectivity index (χ1v) is 8.20. The van der Waals surface area contributed by atoms with Crippen LogP contribution in [0.25, 0.3) is 0 Å². The van der Waals surface area contributed by atoms with Gasteiger partial charge in [0.25, 0.3) is 0 Å². The molecule has 2 aromatic rings. The predicted molar refractivity (Wildman–Crippen MR) is 81.9 cm³/mol. The standard InChI is InChI=1S/C14H16ClN3O2S/c15-11-3-1-2-4-12(11)20-7-8-21-14-17-16-13(9-19)18(14)10-5-6-10/h1-4,10,19H,5-9H2. The smallest absolute Gasteiger partial charge is 0.191 e. The van der Waals surface area contributed by atoms with Crippen molar-refractivity contribution in [3.63, 3.8) is 0 Å². The van der Waals surface area contributed by atoms with Gasteiger partial charge in [0.05, 0.1) is 11.6 Å². The number of aromatic nitrogens is 3. The van der Waals surface area contributed by atoms with E-state index in [1.54, 1.807) is 17.8 Å². The Kier molecular flexibility index (Phi) is 4.67. The summed E-state index contributed by atoms with van der Waals surface area (Å²) >= 11 is 7.62. The SMILES string of the molecule is OCc1nnc(SCCOc2ccccc2Cl)n1C1CC1. The van der Waals surface area contributed by atoms with Crippen LogP contribution in [0.15, 0.2) is 29.4 Å². The summed E-state index contributed by atoms with van der Waals surface area (Å²) in [5.74, 6) is 2.09. The van der Waals surface area contributed by atoms with Gasteiger partial charge in [-0.2, -0.15) is 0 Å². The zero-order chi connectivity index (χ0) is 14.7. The highest BCUT2D eigenvalue weighted by Gasteiger charge is 2.29. The summed E-state index contributed by atoms with van der Waals surface area (Å²) in [6, 6.07) is 7.88. The third-order valence-corrected chi connectivity index (χ3v) is 4.42. The Labute approximate surface area is 132 Å². The van der Waals surface area contributed by atoms with Crippen LogP contribution in [-0.2, 0) is 6.61 Å². The van der Waals surface area contributed by atoms with E-state index in [9.17, 15) is 5.11 Å². The van der Waals surface area contributed by atoms with E-state index in [1.807, 2.05) is 22.8 Å². The number of nitrogens with zero attached hydrogens (tertiary/aromatic N) is 3. The van der Waals surface area contributed by atoms with E-state index in [4.69, 9.17) is 16.3 Å². The summed E-state index contributed by atoms with van der Waals surface area (Å²) in [6.07, 6.45) is 2.27. The van der Waals surface area contributed by atoms with Crippen LogP contribution in [0.2, 0.25) is 5.02 Å². The molecule has 0 radical (unpaired) electrons. The molecule has 1 heterocycles. The van der Waals surface area contributed by atoms with E-state index < -0.39 is 0 Å². The summed E-state index contributed by atoms with van der Waals surface area (Å²) in [4.78, 5) is 0. The maximum Gasteiger partial charge on any atom is 0.191 e. The number of hydrogen-bond acceptors (Lipinski definition) is 5. The highest BCUT2D eigenvalue weighted by molar-refractivity contribution is 7.99. The van der Waals surface area contributed by atoms with Gasteiger partial charge in [-0.05, 0) is 25.0 Å². The van der Waals surface area contributed by atoms with Crippen molar-refractivity contribution < 1.29 is 9.84 Å². The number of benzene rings is 1. The van der Waals surface area contributed by atoms with E-state index in [0.29, 0.717) is 29.2 Å². The second-order valence-electron chi connectivity index (χ2n) is 4.79. The summed E-state index contributed by atoms with van der Waals surface area (Å²) in [5, 5.41) is 18.9. The molecule has 1 saturated carbocycles. The second kappa shape index (κ2) is 6.68. The fourth-order valence-electron chi connectivity index (χ4n) is 2.06. The Morgan fingerprint density at radius 2 is 2.14 bits per heavy atom. The number of rotatable bonds is 7. The van der Waals surface area contributed by atoms with Gasteiger partial charge in [-0.1, -0.05) is 35.5 Å². The van der Waals surface area contributed by atoms with Gasteiger partial charge in [0.1, 0.15) is 12.4 Å². The molecule has 5 nitrogen and oxygen atoms in total. The van der Waals surface area contributed by atoms with Crippen LogP contribution in [0.5, 0.6) is 5.75 Å². The van der Waals surface area contributed by atoms with Gasteiger partial charge in [-0.3, -0.25) is 0 Å².